The van der Waals surface area contributed by atoms with Gasteiger partial charge in [-0.05, 0) is 12.2 Å². The number of nitrogens with two attached hydrogens (primary N) is 1. The average molecular weight is 253 g/mol. The van der Waals surface area contributed by atoms with Crippen LogP contribution in [-0.4, -0.2) is 62.8 Å². The molecule has 16 heavy (non-hydrogen) atoms. The SMILES string of the molecule is NC(=S)NNCC(=O)[C@@H](O)[C@H](O)[C@H](O)CO. The number of carbonyl (C=O) groups is 1. The third-order valence-electron chi connectivity index (χ3n) is 1.71. The van der Waals surface area contributed by atoms with E-state index in [-0.39, 0.29) is 11.7 Å². The first-order valence-corrected chi connectivity index (χ1v) is 4.77. The molecular weight excluding hydrogens is 238 g/mol. The van der Waals surface area contributed by atoms with Crippen molar-refractivity contribution in [2.45, 2.75) is 18.3 Å². The minimum atomic E-state index is -1.80. The third-order valence-corrected chi connectivity index (χ3v) is 1.81. The number of hydrogen-bond donors (Lipinski definition) is 7. The number of hydrogen-bond acceptors (Lipinski definition) is 7. The fraction of sp³-hybridized carbons (Fsp3) is 0.714. The molecule has 0 saturated carbocycles. The molecule has 0 aliphatic heterocycles. The first-order chi connectivity index (χ1) is 7.40. The largest absolute Gasteiger partial charge is 0.394 e. The number of carbonyl (C=O) groups excluding carboxylic acids is 1. The fourth-order valence-corrected chi connectivity index (χ4v) is 0.904. The molecule has 0 fully saturated rings. The van der Waals surface area contributed by atoms with Crippen LogP contribution in [0.5, 0.6) is 0 Å². The van der Waals surface area contributed by atoms with Gasteiger partial charge in [-0.1, -0.05) is 0 Å². The summed E-state index contributed by atoms with van der Waals surface area (Å²) in [6.07, 6.45) is -5.13. The molecule has 0 saturated heterocycles. The zero-order chi connectivity index (χ0) is 12.7. The maximum atomic E-state index is 11.2. The van der Waals surface area contributed by atoms with Crippen LogP contribution in [0.15, 0.2) is 0 Å². The van der Waals surface area contributed by atoms with E-state index in [4.69, 9.17) is 15.9 Å². The Balaban J connectivity index is 4.02. The molecule has 0 heterocycles. The first-order valence-electron chi connectivity index (χ1n) is 4.36. The van der Waals surface area contributed by atoms with E-state index >= 15 is 0 Å². The molecule has 0 aromatic rings. The lowest BCUT2D eigenvalue weighted by molar-refractivity contribution is -0.139. The molecule has 0 spiro atoms. The van der Waals surface area contributed by atoms with Crippen molar-refractivity contribution in [3.05, 3.63) is 0 Å². The van der Waals surface area contributed by atoms with Crippen LogP contribution >= 0.6 is 12.2 Å². The van der Waals surface area contributed by atoms with E-state index in [9.17, 15) is 15.0 Å². The minimum Gasteiger partial charge on any atom is -0.394 e. The van der Waals surface area contributed by atoms with E-state index < -0.39 is 30.7 Å². The molecule has 8 N–H and O–H groups in total. The van der Waals surface area contributed by atoms with Gasteiger partial charge in [-0.3, -0.25) is 10.2 Å². The van der Waals surface area contributed by atoms with E-state index in [0.717, 1.165) is 0 Å². The molecule has 0 aromatic heterocycles. The number of nitrogens with one attached hydrogen (secondary N) is 2. The quantitative estimate of drug-likeness (QED) is 0.178. The smallest absolute Gasteiger partial charge is 0.179 e. The summed E-state index contributed by atoms with van der Waals surface area (Å²) in [5.74, 6) is -0.788. The normalized spacial score (nSPS) is 16.2. The number of hydrazine groups is 1. The van der Waals surface area contributed by atoms with E-state index in [1.54, 1.807) is 0 Å². The summed E-state index contributed by atoms with van der Waals surface area (Å²) >= 11 is 4.43. The van der Waals surface area contributed by atoms with Gasteiger partial charge >= 0.3 is 0 Å². The summed E-state index contributed by atoms with van der Waals surface area (Å²) in [6, 6.07) is 0. The Kier molecular flexibility index (Phi) is 7.05. The molecule has 0 radical (unpaired) electrons. The van der Waals surface area contributed by atoms with E-state index in [1.165, 1.54) is 0 Å². The van der Waals surface area contributed by atoms with Crippen molar-refractivity contribution in [1.82, 2.24) is 10.9 Å². The van der Waals surface area contributed by atoms with E-state index in [1.807, 2.05) is 0 Å². The molecular formula is C7H15N3O5S. The van der Waals surface area contributed by atoms with Crippen molar-refractivity contribution in [3.63, 3.8) is 0 Å². The standard InChI is InChI=1S/C7H15N3O5S/c8-7(16)10-9-1-3(12)5(14)6(15)4(13)2-11/h4-6,9,11,13-15H,1-2H2,(H3,8,10,16)/t4-,5-,6-/m1/s1. The minimum absolute atomic E-state index is 0.0850. The van der Waals surface area contributed by atoms with Crippen LogP contribution in [0.3, 0.4) is 0 Å². The Morgan fingerprint density at radius 3 is 2.38 bits per heavy atom. The Bertz CT molecular complexity index is 252. The van der Waals surface area contributed by atoms with Crippen molar-refractivity contribution in [2.24, 2.45) is 5.73 Å². The highest BCUT2D eigenvalue weighted by molar-refractivity contribution is 7.80. The van der Waals surface area contributed by atoms with Crippen molar-refractivity contribution < 1.29 is 25.2 Å². The second kappa shape index (κ2) is 7.44. The third kappa shape index (κ3) is 5.30. The highest BCUT2D eigenvalue weighted by Gasteiger charge is 2.29. The van der Waals surface area contributed by atoms with Gasteiger partial charge in [0, 0.05) is 0 Å². The zero-order valence-electron chi connectivity index (χ0n) is 8.33. The summed E-state index contributed by atoms with van der Waals surface area (Å²) < 4.78 is 0. The van der Waals surface area contributed by atoms with Crippen molar-refractivity contribution in [1.29, 1.82) is 0 Å². The maximum absolute atomic E-state index is 11.2. The van der Waals surface area contributed by atoms with Crippen LogP contribution in [0.4, 0.5) is 0 Å². The van der Waals surface area contributed by atoms with Crippen molar-refractivity contribution >= 4 is 23.1 Å². The van der Waals surface area contributed by atoms with E-state index in [2.05, 4.69) is 23.1 Å². The maximum Gasteiger partial charge on any atom is 0.179 e. The molecule has 0 bridgehead atoms. The topological polar surface area (TPSA) is 148 Å². The highest BCUT2D eigenvalue weighted by Crippen LogP contribution is 2.00. The number of aliphatic hydroxyl groups excluding tert-OH is 4. The number of rotatable bonds is 7. The molecule has 8 nitrogen and oxygen atoms in total. The van der Waals surface area contributed by atoms with Gasteiger partial charge in [0.1, 0.15) is 18.3 Å². The summed E-state index contributed by atoms with van der Waals surface area (Å²) in [5, 5.41) is 35.8. The van der Waals surface area contributed by atoms with Crippen LogP contribution < -0.4 is 16.6 Å². The van der Waals surface area contributed by atoms with Gasteiger partial charge in [0.15, 0.2) is 10.9 Å². The fourth-order valence-electron chi connectivity index (χ4n) is 0.832. The van der Waals surface area contributed by atoms with Gasteiger partial charge in [-0.15, -0.1) is 0 Å². The van der Waals surface area contributed by atoms with Crippen LogP contribution in [0, 0.1) is 0 Å². The molecule has 0 aromatic carbocycles. The van der Waals surface area contributed by atoms with Gasteiger partial charge < -0.3 is 26.2 Å². The Morgan fingerprint density at radius 2 is 1.94 bits per heavy atom. The number of thiocarbonyl (C=S) groups is 1. The monoisotopic (exact) mass is 253 g/mol. The first kappa shape index (κ1) is 15.2. The second-order valence-electron chi connectivity index (χ2n) is 2.99. The summed E-state index contributed by atoms with van der Waals surface area (Å²) in [6.45, 7) is -1.11. The number of aliphatic hydroxyl groups is 4. The van der Waals surface area contributed by atoms with E-state index in [0.29, 0.717) is 0 Å². The van der Waals surface area contributed by atoms with Gasteiger partial charge in [0.05, 0.1) is 13.2 Å². The molecule has 94 valence electrons. The summed E-state index contributed by atoms with van der Waals surface area (Å²) in [5.41, 5.74) is 9.59. The molecule has 0 unspecified atom stereocenters. The lowest BCUT2D eigenvalue weighted by atomic mass is 10.1. The Morgan fingerprint density at radius 1 is 1.38 bits per heavy atom. The predicted octanol–water partition coefficient (Wildman–Crippen LogP) is -4.03. The zero-order valence-corrected chi connectivity index (χ0v) is 9.15. The van der Waals surface area contributed by atoms with Gasteiger partial charge in [-0.2, -0.15) is 0 Å². The van der Waals surface area contributed by atoms with Gasteiger partial charge in [0.2, 0.25) is 0 Å². The van der Waals surface area contributed by atoms with Crippen LogP contribution in [0.1, 0.15) is 0 Å². The molecule has 3 atom stereocenters. The molecule has 9 heteroatoms. The van der Waals surface area contributed by atoms with Gasteiger partial charge in [-0.25, -0.2) is 5.43 Å². The summed E-state index contributed by atoms with van der Waals surface area (Å²) in [7, 11) is 0. The second-order valence-corrected chi connectivity index (χ2v) is 3.43. The molecule has 0 aliphatic carbocycles. The van der Waals surface area contributed by atoms with Crippen LogP contribution in [0.2, 0.25) is 0 Å². The Hall–Kier alpha value is -0.840. The lowest BCUT2D eigenvalue weighted by Crippen LogP contribution is -2.50. The highest BCUT2D eigenvalue weighted by atomic mass is 32.1. The summed E-state index contributed by atoms with van der Waals surface area (Å²) in [4.78, 5) is 11.2. The van der Waals surface area contributed by atoms with Crippen molar-refractivity contribution in [3.8, 4) is 0 Å². The lowest BCUT2D eigenvalue weighted by Gasteiger charge is -2.20. The van der Waals surface area contributed by atoms with Crippen LogP contribution in [0.25, 0.3) is 0 Å². The van der Waals surface area contributed by atoms with Crippen molar-refractivity contribution in [2.75, 3.05) is 13.2 Å². The predicted molar refractivity (Wildman–Crippen MR) is 58.0 cm³/mol. The number of ketones is 1. The number of Topliss-reactive ketones (excluding diaryl/α,β-unsaturated/α-hetero) is 1. The molecule has 0 rings (SSSR count). The average Bonchev–Trinajstić information content (AvgIpc) is 2.25. The molecule has 0 aliphatic rings. The molecule has 0 amide bonds. The Labute approximate surface area is 97.0 Å². The van der Waals surface area contributed by atoms with Crippen LogP contribution in [-0.2, 0) is 4.79 Å². The van der Waals surface area contributed by atoms with Gasteiger partial charge in [0.25, 0.3) is 0 Å².